The molecule has 16 heavy (non-hydrogen) atoms. The lowest BCUT2D eigenvalue weighted by Crippen LogP contribution is -2.03. The molecule has 0 fully saturated rings. The fourth-order valence-electron chi connectivity index (χ4n) is 1.26. The van der Waals surface area contributed by atoms with Crippen molar-refractivity contribution >= 4 is 39.2 Å². The third-order valence-electron chi connectivity index (χ3n) is 2.06. The molecule has 0 spiro atoms. The van der Waals surface area contributed by atoms with Gasteiger partial charge in [-0.2, -0.15) is 0 Å². The van der Waals surface area contributed by atoms with Crippen LogP contribution in [0, 0.1) is 0 Å². The highest BCUT2D eigenvalue weighted by Crippen LogP contribution is 2.25. The predicted octanol–water partition coefficient (Wildman–Crippen LogP) is 3.77. The molecule has 3 nitrogen and oxygen atoms in total. The number of hydrogen-bond donors (Lipinski definition) is 2. The first-order valence-corrected chi connectivity index (χ1v) is 6.17. The van der Waals surface area contributed by atoms with Crippen LogP contribution < -0.4 is 5.32 Å². The summed E-state index contributed by atoms with van der Waals surface area (Å²) >= 11 is 9.21. The summed E-state index contributed by atoms with van der Waals surface area (Å²) in [5, 5.41) is 12.4. The number of rotatable bonds is 6. The molecule has 0 aliphatic heterocycles. The van der Waals surface area contributed by atoms with Crippen LogP contribution in [0.2, 0.25) is 5.02 Å². The molecule has 0 saturated carbocycles. The minimum atomic E-state index is -0.743. The van der Waals surface area contributed by atoms with Gasteiger partial charge in [0.25, 0.3) is 0 Å². The van der Waals surface area contributed by atoms with Gasteiger partial charge in [0.1, 0.15) is 0 Å². The van der Waals surface area contributed by atoms with Gasteiger partial charge >= 0.3 is 5.97 Å². The maximum atomic E-state index is 10.3. The molecule has 0 aliphatic carbocycles. The lowest BCUT2D eigenvalue weighted by atomic mass is 10.2. The average molecular weight is 307 g/mol. The molecule has 0 amide bonds. The Morgan fingerprint density at radius 2 is 2.19 bits per heavy atom. The predicted molar refractivity (Wildman–Crippen MR) is 69.1 cm³/mol. The molecule has 0 bridgehead atoms. The van der Waals surface area contributed by atoms with Crippen molar-refractivity contribution in [3.63, 3.8) is 0 Å². The molecule has 2 N–H and O–H groups in total. The molecule has 1 aromatic carbocycles. The molecule has 5 heteroatoms. The number of unbranched alkanes of at least 4 members (excludes halogenated alkanes) is 1. The van der Waals surface area contributed by atoms with E-state index in [9.17, 15) is 4.79 Å². The zero-order chi connectivity index (χ0) is 12.0. The van der Waals surface area contributed by atoms with E-state index >= 15 is 0 Å². The van der Waals surface area contributed by atoms with E-state index in [0.29, 0.717) is 11.4 Å². The van der Waals surface area contributed by atoms with Gasteiger partial charge in [0.15, 0.2) is 0 Å². The number of anilines is 1. The number of halogens is 2. The number of nitrogens with one attached hydrogen (secondary N) is 1. The minimum Gasteiger partial charge on any atom is -0.481 e. The number of aliphatic carboxylic acids is 1. The first kappa shape index (κ1) is 13.3. The minimum absolute atomic E-state index is 0.226. The highest BCUT2D eigenvalue weighted by Gasteiger charge is 2.00. The van der Waals surface area contributed by atoms with Crippen LogP contribution in [0.3, 0.4) is 0 Å². The fourth-order valence-corrected chi connectivity index (χ4v) is 2.08. The van der Waals surface area contributed by atoms with Crippen molar-refractivity contribution in [1.82, 2.24) is 0 Å². The van der Waals surface area contributed by atoms with Crippen LogP contribution in [0.4, 0.5) is 5.69 Å². The smallest absolute Gasteiger partial charge is 0.303 e. The van der Waals surface area contributed by atoms with Gasteiger partial charge in [-0.25, -0.2) is 0 Å². The van der Waals surface area contributed by atoms with E-state index in [1.54, 1.807) is 0 Å². The van der Waals surface area contributed by atoms with Gasteiger partial charge < -0.3 is 10.4 Å². The van der Waals surface area contributed by atoms with Crippen LogP contribution in [-0.2, 0) is 4.79 Å². The maximum absolute atomic E-state index is 10.3. The van der Waals surface area contributed by atoms with Crippen LogP contribution in [0.5, 0.6) is 0 Å². The molecule has 0 radical (unpaired) electrons. The Hall–Kier alpha value is -0.740. The second-order valence-corrected chi connectivity index (χ2v) is 4.69. The average Bonchev–Trinajstić information content (AvgIpc) is 2.20. The van der Waals surface area contributed by atoms with Crippen molar-refractivity contribution in [2.75, 3.05) is 11.9 Å². The quantitative estimate of drug-likeness (QED) is 0.787. The Kier molecular flexibility index (Phi) is 5.63. The lowest BCUT2D eigenvalue weighted by Gasteiger charge is -2.08. The summed E-state index contributed by atoms with van der Waals surface area (Å²) in [5.41, 5.74) is 0.972. The molecule has 0 atom stereocenters. The summed E-state index contributed by atoms with van der Waals surface area (Å²) in [6.45, 7) is 0.757. The van der Waals surface area contributed by atoms with Crippen LogP contribution in [0.15, 0.2) is 22.7 Å². The van der Waals surface area contributed by atoms with Crippen LogP contribution >= 0.6 is 27.5 Å². The topological polar surface area (TPSA) is 49.3 Å². The van der Waals surface area contributed by atoms with Crippen molar-refractivity contribution in [3.05, 3.63) is 27.7 Å². The summed E-state index contributed by atoms with van der Waals surface area (Å²) in [5.74, 6) is -0.743. The molecule has 0 unspecified atom stereocenters. The van der Waals surface area contributed by atoms with Crippen molar-refractivity contribution < 1.29 is 9.90 Å². The summed E-state index contributed by atoms with van der Waals surface area (Å²) in [6, 6.07) is 5.52. The Bertz CT molecular complexity index is 371. The number of benzene rings is 1. The zero-order valence-corrected chi connectivity index (χ0v) is 11.0. The van der Waals surface area contributed by atoms with Crippen LogP contribution in [0.1, 0.15) is 19.3 Å². The first-order valence-electron chi connectivity index (χ1n) is 5.00. The molecule has 0 saturated heterocycles. The van der Waals surface area contributed by atoms with Gasteiger partial charge in [-0.05, 0) is 47.0 Å². The molecule has 0 aromatic heterocycles. The third-order valence-corrected chi connectivity index (χ3v) is 2.96. The van der Waals surface area contributed by atoms with Crippen molar-refractivity contribution in [2.45, 2.75) is 19.3 Å². The Morgan fingerprint density at radius 1 is 1.44 bits per heavy atom. The van der Waals surface area contributed by atoms with Gasteiger partial charge in [0, 0.05) is 28.1 Å². The Morgan fingerprint density at radius 3 is 2.81 bits per heavy atom. The number of carbonyl (C=O) groups is 1. The molecular weight excluding hydrogens is 293 g/mol. The van der Waals surface area contributed by atoms with E-state index in [2.05, 4.69) is 21.2 Å². The monoisotopic (exact) mass is 305 g/mol. The fraction of sp³-hybridized carbons (Fsp3) is 0.364. The molecular formula is C11H13BrClNO2. The van der Waals surface area contributed by atoms with Gasteiger partial charge in [0.05, 0.1) is 0 Å². The molecule has 0 aliphatic rings. The van der Waals surface area contributed by atoms with Gasteiger partial charge in [-0.1, -0.05) is 11.6 Å². The third kappa shape index (κ3) is 4.86. The standard InChI is InChI=1S/C11H13BrClNO2/c12-9-7-8(13)4-5-10(9)14-6-2-1-3-11(15)16/h4-5,7,14H,1-3,6H2,(H,15,16). The van der Waals surface area contributed by atoms with E-state index in [1.807, 2.05) is 18.2 Å². The Labute approximate surface area is 108 Å². The van der Waals surface area contributed by atoms with E-state index in [0.717, 1.165) is 23.1 Å². The molecule has 1 rings (SSSR count). The zero-order valence-electron chi connectivity index (χ0n) is 8.67. The normalized spacial score (nSPS) is 10.1. The van der Waals surface area contributed by atoms with Crippen LogP contribution in [-0.4, -0.2) is 17.6 Å². The molecule has 88 valence electrons. The molecule has 1 aromatic rings. The summed E-state index contributed by atoms with van der Waals surface area (Å²) < 4.78 is 0.915. The van der Waals surface area contributed by atoms with Crippen molar-refractivity contribution in [1.29, 1.82) is 0 Å². The van der Waals surface area contributed by atoms with E-state index in [4.69, 9.17) is 16.7 Å². The highest BCUT2D eigenvalue weighted by molar-refractivity contribution is 9.10. The van der Waals surface area contributed by atoms with Gasteiger partial charge in [0.2, 0.25) is 0 Å². The second kappa shape index (κ2) is 6.76. The van der Waals surface area contributed by atoms with Gasteiger partial charge in [-0.15, -0.1) is 0 Å². The van der Waals surface area contributed by atoms with E-state index in [1.165, 1.54) is 0 Å². The summed E-state index contributed by atoms with van der Waals surface area (Å²) in [4.78, 5) is 10.3. The van der Waals surface area contributed by atoms with Gasteiger partial charge in [-0.3, -0.25) is 4.79 Å². The van der Waals surface area contributed by atoms with E-state index in [-0.39, 0.29) is 6.42 Å². The summed E-state index contributed by atoms with van der Waals surface area (Å²) in [7, 11) is 0. The van der Waals surface area contributed by atoms with Crippen molar-refractivity contribution in [2.24, 2.45) is 0 Å². The largest absolute Gasteiger partial charge is 0.481 e. The second-order valence-electron chi connectivity index (χ2n) is 3.40. The maximum Gasteiger partial charge on any atom is 0.303 e. The lowest BCUT2D eigenvalue weighted by molar-refractivity contribution is -0.137. The number of hydrogen-bond acceptors (Lipinski definition) is 2. The molecule has 0 heterocycles. The van der Waals surface area contributed by atoms with Crippen molar-refractivity contribution in [3.8, 4) is 0 Å². The summed E-state index contributed by atoms with van der Waals surface area (Å²) in [6.07, 6.45) is 1.75. The van der Waals surface area contributed by atoms with E-state index < -0.39 is 5.97 Å². The van der Waals surface area contributed by atoms with Crippen LogP contribution in [0.25, 0.3) is 0 Å². The Balaban J connectivity index is 2.29. The number of carboxylic acids is 1. The number of carboxylic acid groups (broad SMARTS) is 1. The first-order chi connectivity index (χ1) is 7.59. The SMILES string of the molecule is O=C(O)CCCCNc1ccc(Cl)cc1Br. The highest BCUT2D eigenvalue weighted by atomic mass is 79.9.